The zero-order valence-electron chi connectivity index (χ0n) is 17.7. The van der Waals surface area contributed by atoms with Gasteiger partial charge in [0, 0.05) is 18.8 Å². The molecule has 2 aromatic rings. The molecular formula is C22H28N2O5S2. The number of hydrogen-bond acceptors (Lipinski definition) is 6. The first kappa shape index (κ1) is 23.6. The normalized spacial score (nSPS) is 15.1. The van der Waals surface area contributed by atoms with Crippen LogP contribution < -0.4 is 10.1 Å². The summed E-state index contributed by atoms with van der Waals surface area (Å²) in [5, 5.41) is 2.83. The number of benzene rings is 2. The molecule has 1 heterocycles. The number of carbonyl (C=O) groups excluding carboxylic acids is 1. The summed E-state index contributed by atoms with van der Waals surface area (Å²) < 4.78 is 38.4. The molecule has 0 aliphatic carbocycles. The van der Waals surface area contributed by atoms with Gasteiger partial charge in [-0.25, -0.2) is 8.42 Å². The maximum absolute atomic E-state index is 13.0. The van der Waals surface area contributed by atoms with Gasteiger partial charge in [0.1, 0.15) is 5.75 Å². The van der Waals surface area contributed by atoms with Crippen molar-refractivity contribution in [2.24, 2.45) is 0 Å². The molecule has 0 bridgehead atoms. The summed E-state index contributed by atoms with van der Waals surface area (Å²) in [6.45, 7) is 5.11. The molecule has 31 heavy (non-hydrogen) atoms. The summed E-state index contributed by atoms with van der Waals surface area (Å²) in [7, 11) is -3.68. The van der Waals surface area contributed by atoms with Crippen molar-refractivity contribution < 1.29 is 22.7 Å². The number of nitrogens with zero attached hydrogens (tertiary/aromatic N) is 1. The fourth-order valence-electron chi connectivity index (χ4n) is 3.08. The van der Waals surface area contributed by atoms with E-state index < -0.39 is 10.0 Å². The van der Waals surface area contributed by atoms with E-state index in [1.807, 2.05) is 44.2 Å². The van der Waals surface area contributed by atoms with Crippen LogP contribution in [-0.2, 0) is 25.3 Å². The lowest BCUT2D eigenvalue weighted by atomic mass is 10.2. The Hall–Kier alpha value is -2.07. The molecule has 168 valence electrons. The predicted molar refractivity (Wildman–Crippen MR) is 123 cm³/mol. The maximum Gasteiger partial charge on any atom is 0.243 e. The number of morpholine rings is 1. The number of thioether (sulfide) groups is 1. The van der Waals surface area contributed by atoms with Crippen LogP contribution in [0.1, 0.15) is 19.4 Å². The number of hydrogen-bond donors (Lipinski definition) is 1. The van der Waals surface area contributed by atoms with Crippen molar-refractivity contribution in [3.63, 3.8) is 0 Å². The Balaban J connectivity index is 1.73. The number of anilines is 1. The van der Waals surface area contributed by atoms with Crippen molar-refractivity contribution in [1.29, 1.82) is 0 Å². The molecule has 3 rings (SSSR count). The maximum atomic E-state index is 13.0. The minimum Gasteiger partial charge on any atom is -0.489 e. The highest BCUT2D eigenvalue weighted by atomic mass is 32.2. The van der Waals surface area contributed by atoms with Crippen LogP contribution in [0.2, 0.25) is 0 Å². The Morgan fingerprint density at radius 3 is 2.55 bits per heavy atom. The van der Waals surface area contributed by atoms with Gasteiger partial charge in [0.15, 0.2) is 0 Å². The molecule has 0 spiro atoms. The molecule has 2 aromatic carbocycles. The lowest BCUT2D eigenvalue weighted by Gasteiger charge is -2.26. The van der Waals surface area contributed by atoms with Gasteiger partial charge in [0.25, 0.3) is 0 Å². The number of carbonyl (C=O) groups is 1. The molecule has 1 fully saturated rings. The SMILES string of the molecule is CC(C)Oc1ccc(S(=O)(=O)N2CCOCC2)cc1NC(=O)CSCc1ccccc1. The van der Waals surface area contributed by atoms with Crippen LogP contribution in [0.4, 0.5) is 5.69 Å². The minimum atomic E-state index is -3.68. The van der Waals surface area contributed by atoms with E-state index in [0.29, 0.717) is 37.7 Å². The van der Waals surface area contributed by atoms with Crippen molar-refractivity contribution in [3.8, 4) is 5.75 Å². The quantitative estimate of drug-likeness (QED) is 0.613. The van der Waals surface area contributed by atoms with E-state index in [1.165, 1.54) is 28.2 Å². The van der Waals surface area contributed by atoms with Crippen molar-refractivity contribution in [1.82, 2.24) is 4.31 Å². The molecule has 1 aliphatic rings. The molecule has 1 aliphatic heterocycles. The van der Waals surface area contributed by atoms with Crippen LogP contribution in [-0.4, -0.2) is 56.8 Å². The van der Waals surface area contributed by atoms with E-state index in [1.54, 1.807) is 6.07 Å². The second kappa shape index (κ2) is 11.0. The predicted octanol–water partition coefficient (Wildman–Crippen LogP) is 3.37. The van der Waals surface area contributed by atoms with Crippen LogP contribution in [0.15, 0.2) is 53.4 Å². The van der Waals surface area contributed by atoms with Crippen molar-refractivity contribution in [3.05, 3.63) is 54.1 Å². The van der Waals surface area contributed by atoms with Crippen LogP contribution in [0, 0.1) is 0 Å². The Morgan fingerprint density at radius 2 is 1.87 bits per heavy atom. The molecule has 7 nitrogen and oxygen atoms in total. The van der Waals surface area contributed by atoms with E-state index in [-0.39, 0.29) is 22.7 Å². The number of ether oxygens (including phenoxy) is 2. The van der Waals surface area contributed by atoms with E-state index in [2.05, 4.69) is 5.32 Å². The highest BCUT2D eigenvalue weighted by Crippen LogP contribution is 2.30. The largest absolute Gasteiger partial charge is 0.489 e. The molecule has 1 saturated heterocycles. The molecule has 0 aromatic heterocycles. The summed E-state index contributed by atoms with van der Waals surface area (Å²) in [5.74, 6) is 1.19. The third-order valence-corrected chi connectivity index (χ3v) is 7.44. The lowest BCUT2D eigenvalue weighted by Crippen LogP contribution is -2.40. The Bertz CT molecular complexity index is 975. The molecule has 0 unspecified atom stereocenters. The lowest BCUT2D eigenvalue weighted by molar-refractivity contribution is -0.113. The fourth-order valence-corrected chi connectivity index (χ4v) is 5.30. The van der Waals surface area contributed by atoms with Crippen LogP contribution >= 0.6 is 11.8 Å². The molecule has 1 N–H and O–H groups in total. The van der Waals surface area contributed by atoms with E-state index in [9.17, 15) is 13.2 Å². The monoisotopic (exact) mass is 464 g/mol. The number of nitrogens with one attached hydrogen (secondary N) is 1. The van der Waals surface area contributed by atoms with Gasteiger partial charge in [-0.05, 0) is 37.6 Å². The average Bonchev–Trinajstić information content (AvgIpc) is 2.76. The minimum absolute atomic E-state index is 0.121. The third-order valence-electron chi connectivity index (χ3n) is 4.54. The van der Waals surface area contributed by atoms with Crippen molar-refractivity contribution in [2.45, 2.75) is 30.6 Å². The summed E-state index contributed by atoms with van der Waals surface area (Å²) in [6.07, 6.45) is -0.121. The molecule has 9 heteroatoms. The van der Waals surface area contributed by atoms with E-state index in [0.717, 1.165) is 11.3 Å². The summed E-state index contributed by atoms with van der Waals surface area (Å²) in [6, 6.07) is 14.5. The zero-order chi connectivity index (χ0) is 22.3. The first-order valence-corrected chi connectivity index (χ1v) is 12.8. The molecule has 0 saturated carbocycles. The first-order chi connectivity index (χ1) is 14.9. The highest BCUT2D eigenvalue weighted by Gasteiger charge is 2.27. The van der Waals surface area contributed by atoms with Gasteiger partial charge < -0.3 is 14.8 Å². The van der Waals surface area contributed by atoms with Crippen LogP contribution in [0.5, 0.6) is 5.75 Å². The van der Waals surface area contributed by atoms with E-state index >= 15 is 0 Å². The van der Waals surface area contributed by atoms with Crippen molar-refractivity contribution >= 4 is 33.4 Å². The van der Waals surface area contributed by atoms with Crippen molar-refractivity contribution in [2.75, 3.05) is 37.4 Å². The average molecular weight is 465 g/mol. The first-order valence-electron chi connectivity index (χ1n) is 10.2. The van der Waals surface area contributed by atoms with Gasteiger partial charge in [-0.3, -0.25) is 4.79 Å². The van der Waals surface area contributed by atoms with Gasteiger partial charge >= 0.3 is 0 Å². The van der Waals surface area contributed by atoms with E-state index in [4.69, 9.17) is 9.47 Å². The van der Waals surface area contributed by atoms with Gasteiger partial charge in [-0.1, -0.05) is 30.3 Å². The van der Waals surface area contributed by atoms with Gasteiger partial charge in [-0.2, -0.15) is 4.31 Å². The Labute approximate surface area is 188 Å². The summed E-state index contributed by atoms with van der Waals surface area (Å²) in [4.78, 5) is 12.7. The Morgan fingerprint density at radius 1 is 1.16 bits per heavy atom. The third kappa shape index (κ3) is 6.70. The number of amides is 1. The van der Waals surface area contributed by atoms with Gasteiger partial charge in [0.05, 0.1) is 35.7 Å². The standard InChI is InChI=1S/C22H28N2O5S2/c1-17(2)29-21-9-8-19(31(26,27)24-10-12-28-13-11-24)14-20(21)23-22(25)16-30-15-18-6-4-3-5-7-18/h3-9,14,17H,10-13,15-16H2,1-2H3,(H,23,25). The highest BCUT2D eigenvalue weighted by molar-refractivity contribution is 7.99. The summed E-state index contributed by atoms with van der Waals surface area (Å²) >= 11 is 1.49. The Kier molecular flexibility index (Phi) is 8.36. The second-order valence-electron chi connectivity index (χ2n) is 7.37. The fraction of sp³-hybridized carbons (Fsp3) is 0.409. The smallest absolute Gasteiger partial charge is 0.243 e. The number of sulfonamides is 1. The topological polar surface area (TPSA) is 84.9 Å². The van der Waals surface area contributed by atoms with Gasteiger partial charge in [-0.15, -0.1) is 11.8 Å². The van der Waals surface area contributed by atoms with Crippen LogP contribution in [0.25, 0.3) is 0 Å². The second-order valence-corrected chi connectivity index (χ2v) is 10.3. The summed E-state index contributed by atoms with van der Waals surface area (Å²) in [5.41, 5.74) is 1.50. The molecule has 0 atom stereocenters. The molecule has 0 radical (unpaired) electrons. The zero-order valence-corrected chi connectivity index (χ0v) is 19.4. The molecule has 1 amide bonds. The number of rotatable bonds is 9. The van der Waals surface area contributed by atoms with Crippen LogP contribution in [0.3, 0.4) is 0 Å². The molecular weight excluding hydrogens is 436 g/mol. The van der Waals surface area contributed by atoms with Gasteiger partial charge in [0.2, 0.25) is 15.9 Å².